The molecule has 1 atom stereocenters. The van der Waals surface area contributed by atoms with E-state index in [0.29, 0.717) is 24.3 Å². The molecule has 2 N–H and O–H groups in total. The zero-order chi connectivity index (χ0) is 21.0. The molecule has 0 heterocycles. The lowest BCUT2D eigenvalue weighted by Gasteiger charge is -2.16. The summed E-state index contributed by atoms with van der Waals surface area (Å²) in [4.78, 5) is 11.8. The third-order valence-electron chi connectivity index (χ3n) is 5.00. The minimum atomic E-state index is -0.649. The van der Waals surface area contributed by atoms with Crippen molar-refractivity contribution < 1.29 is 23.0 Å². The van der Waals surface area contributed by atoms with Gasteiger partial charge in [0, 0.05) is 23.6 Å². The van der Waals surface area contributed by atoms with Crippen molar-refractivity contribution >= 4 is 17.6 Å². The molecule has 2 aromatic carbocycles. The van der Waals surface area contributed by atoms with E-state index in [9.17, 15) is 13.6 Å². The number of carbonyl (C=O) groups is 1. The predicted molar refractivity (Wildman–Crippen MR) is 107 cm³/mol. The quantitative estimate of drug-likeness (QED) is 0.498. The van der Waals surface area contributed by atoms with Gasteiger partial charge in [0.25, 0.3) is 0 Å². The maximum Gasteiger partial charge on any atom is 0.306 e. The molecule has 1 aliphatic rings. The maximum atomic E-state index is 14.8. The smallest absolute Gasteiger partial charge is 0.306 e. The zero-order valence-corrected chi connectivity index (χ0v) is 17.0. The Labute approximate surface area is 173 Å². The number of ether oxygens (including phenoxy) is 2. The number of hydrogen-bond donors (Lipinski definition) is 1. The number of esters is 1. The van der Waals surface area contributed by atoms with E-state index in [1.54, 1.807) is 0 Å². The van der Waals surface area contributed by atoms with Gasteiger partial charge in [0.15, 0.2) is 11.6 Å². The number of benzene rings is 2. The third kappa shape index (κ3) is 5.67. The van der Waals surface area contributed by atoms with Crippen LogP contribution in [0.5, 0.6) is 11.5 Å². The fourth-order valence-electron chi connectivity index (χ4n) is 2.95. The summed E-state index contributed by atoms with van der Waals surface area (Å²) < 4.78 is 39.7. The summed E-state index contributed by atoms with van der Waals surface area (Å²) >= 11 is 6.09. The molecule has 0 spiro atoms. The molecule has 0 aromatic heterocycles. The van der Waals surface area contributed by atoms with E-state index in [2.05, 4.69) is 0 Å². The largest absolute Gasteiger partial charge is 0.461 e. The molecule has 0 unspecified atom stereocenters. The summed E-state index contributed by atoms with van der Waals surface area (Å²) in [7, 11) is 0. The van der Waals surface area contributed by atoms with Gasteiger partial charge in [-0.2, -0.15) is 0 Å². The molecule has 0 aliphatic heterocycles. The molecule has 0 radical (unpaired) electrons. The van der Waals surface area contributed by atoms with Crippen molar-refractivity contribution in [3.8, 4) is 11.5 Å². The number of nitrogens with two attached hydrogens (primary N) is 1. The standard InChI is InChI=1S/C22H24ClF2NO3/c1-2-19(26)16-7-8-17(23)22(21(16)25)29-15-6-9-18(24)14(11-15)12-28-20(27)10-5-13-3-4-13/h6-9,11,13,19H,2-5,10,12,26H2,1H3/t19-/m1/s1. The summed E-state index contributed by atoms with van der Waals surface area (Å²) in [5.41, 5.74) is 6.36. The van der Waals surface area contributed by atoms with E-state index in [-0.39, 0.29) is 34.7 Å². The van der Waals surface area contributed by atoms with E-state index in [4.69, 9.17) is 26.8 Å². The Morgan fingerprint density at radius 3 is 2.72 bits per heavy atom. The van der Waals surface area contributed by atoms with Gasteiger partial charge in [-0.25, -0.2) is 8.78 Å². The van der Waals surface area contributed by atoms with Gasteiger partial charge in [-0.1, -0.05) is 37.4 Å². The lowest BCUT2D eigenvalue weighted by atomic mass is 10.0. The van der Waals surface area contributed by atoms with Crippen LogP contribution in [0.15, 0.2) is 30.3 Å². The van der Waals surface area contributed by atoms with Gasteiger partial charge in [-0.15, -0.1) is 0 Å². The van der Waals surface area contributed by atoms with Gasteiger partial charge in [0.05, 0.1) is 5.02 Å². The van der Waals surface area contributed by atoms with Crippen LogP contribution >= 0.6 is 11.6 Å². The molecular formula is C22H24ClF2NO3. The Bertz CT molecular complexity index is 887. The van der Waals surface area contributed by atoms with Crippen molar-refractivity contribution in [2.45, 2.75) is 51.7 Å². The first-order valence-electron chi connectivity index (χ1n) is 9.74. The lowest BCUT2D eigenvalue weighted by Crippen LogP contribution is -2.11. The number of carbonyl (C=O) groups excluding carboxylic acids is 1. The second-order valence-electron chi connectivity index (χ2n) is 7.29. The highest BCUT2D eigenvalue weighted by atomic mass is 35.5. The highest BCUT2D eigenvalue weighted by molar-refractivity contribution is 6.32. The highest BCUT2D eigenvalue weighted by Gasteiger charge is 2.22. The van der Waals surface area contributed by atoms with Crippen molar-refractivity contribution in [2.75, 3.05) is 0 Å². The van der Waals surface area contributed by atoms with Gasteiger partial charge in [-0.3, -0.25) is 4.79 Å². The zero-order valence-electron chi connectivity index (χ0n) is 16.2. The lowest BCUT2D eigenvalue weighted by molar-refractivity contribution is -0.145. The van der Waals surface area contributed by atoms with E-state index >= 15 is 0 Å². The Morgan fingerprint density at radius 1 is 1.28 bits per heavy atom. The second-order valence-corrected chi connectivity index (χ2v) is 7.70. The molecule has 4 nitrogen and oxygen atoms in total. The predicted octanol–water partition coefficient (Wildman–Crippen LogP) is 6.05. The van der Waals surface area contributed by atoms with Gasteiger partial charge in [0.2, 0.25) is 0 Å². The molecule has 1 fully saturated rings. The van der Waals surface area contributed by atoms with Crippen LogP contribution in [0.4, 0.5) is 8.78 Å². The highest BCUT2D eigenvalue weighted by Crippen LogP contribution is 2.36. The van der Waals surface area contributed by atoms with E-state index in [1.807, 2.05) is 6.92 Å². The third-order valence-corrected chi connectivity index (χ3v) is 5.30. The van der Waals surface area contributed by atoms with Crippen LogP contribution in [0.1, 0.15) is 56.2 Å². The number of rotatable bonds is 9. The Morgan fingerprint density at radius 2 is 2.03 bits per heavy atom. The van der Waals surface area contributed by atoms with Crippen LogP contribution in [0.25, 0.3) is 0 Å². The van der Waals surface area contributed by atoms with Crippen LogP contribution in [-0.2, 0) is 16.1 Å². The van der Waals surface area contributed by atoms with Gasteiger partial charge in [0.1, 0.15) is 18.2 Å². The van der Waals surface area contributed by atoms with E-state index in [0.717, 1.165) is 19.3 Å². The summed E-state index contributed by atoms with van der Waals surface area (Å²) in [6.07, 6.45) is 3.99. The van der Waals surface area contributed by atoms with Crippen LogP contribution in [0, 0.1) is 17.6 Å². The molecule has 7 heteroatoms. The average molecular weight is 424 g/mol. The monoisotopic (exact) mass is 423 g/mol. The summed E-state index contributed by atoms with van der Waals surface area (Å²) in [5, 5.41) is 0.0759. The maximum absolute atomic E-state index is 14.8. The average Bonchev–Trinajstić information content (AvgIpc) is 3.53. The minimum Gasteiger partial charge on any atom is -0.461 e. The molecule has 0 amide bonds. The number of halogens is 3. The van der Waals surface area contributed by atoms with Gasteiger partial charge < -0.3 is 15.2 Å². The van der Waals surface area contributed by atoms with Crippen molar-refractivity contribution in [2.24, 2.45) is 11.7 Å². The molecule has 0 saturated heterocycles. The summed E-state index contributed by atoms with van der Waals surface area (Å²) in [6.45, 7) is 1.63. The molecule has 1 saturated carbocycles. The van der Waals surface area contributed by atoms with Gasteiger partial charge >= 0.3 is 5.97 Å². The van der Waals surface area contributed by atoms with E-state index in [1.165, 1.54) is 30.3 Å². The SMILES string of the molecule is CC[C@@H](N)c1ccc(Cl)c(Oc2ccc(F)c(COC(=O)CCC3CC3)c2)c1F. The van der Waals surface area contributed by atoms with Crippen LogP contribution in [-0.4, -0.2) is 5.97 Å². The Hall–Kier alpha value is -2.18. The Kier molecular flexibility index (Phi) is 7.09. The first kappa shape index (κ1) is 21.5. The van der Waals surface area contributed by atoms with Gasteiger partial charge in [-0.05, 0) is 43.0 Å². The molecule has 1 aliphatic carbocycles. The fraction of sp³-hybridized carbons (Fsp3) is 0.409. The first-order valence-corrected chi connectivity index (χ1v) is 10.1. The summed E-state index contributed by atoms with van der Waals surface area (Å²) in [6, 6.07) is 6.44. The molecule has 2 aromatic rings. The van der Waals surface area contributed by atoms with Crippen LogP contribution in [0.2, 0.25) is 5.02 Å². The molecule has 29 heavy (non-hydrogen) atoms. The summed E-state index contributed by atoms with van der Waals surface area (Å²) in [5.74, 6) is -0.930. The second kappa shape index (κ2) is 9.55. The number of hydrogen-bond acceptors (Lipinski definition) is 4. The van der Waals surface area contributed by atoms with Crippen molar-refractivity contribution in [3.05, 3.63) is 58.1 Å². The van der Waals surface area contributed by atoms with Crippen LogP contribution < -0.4 is 10.5 Å². The minimum absolute atomic E-state index is 0.0759. The molecule has 156 valence electrons. The fourth-order valence-corrected chi connectivity index (χ4v) is 3.13. The molecular weight excluding hydrogens is 400 g/mol. The first-order chi connectivity index (χ1) is 13.9. The van der Waals surface area contributed by atoms with Crippen molar-refractivity contribution in [3.63, 3.8) is 0 Å². The van der Waals surface area contributed by atoms with Crippen molar-refractivity contribution in [1.82, 2.24) is 0 Å². The van der Waals surface area contributed by atoms with Crippen LogP contribution in [0.3, 0.4) is 0 Å². The topological polar surface area (TPSA) is 61.6 Å². The molecule has 0 bridgehead atoms. The normalized spacial score (nSPS) is 14.5. The van der Waals surface area contributed by atoms with Crippen molar-refractivity contribution in [1.29, 1.82) is 0 Å². The van der Waals surface area contributed by atoms with E-state index < -0.39 is 17.7 Å². The molecule has 3 rings (SSSR count). The Balaban J connectivity index is 1.71.